The first-order chi connectivity index (χ1) is 7.63. The van der Waals surface area contributed by atoms with Crippen molar-refractivity contribution >= 4 is 33.5 Å². The van der Waals surface area contributed by atoms with Gasteiger partial charge in [0.15, 0.2) is 0 Å². The minimum Gasteiger partial charge on any atom is -0.469 e. The summed E-state index contributed by atoms with van der Waals surface area (Å²) in [6, 6.07) is 5.45. The predicted octanol–water partition coefficient (Wildman–Crippen LogP) is 2.78. The first-order valence-corrected chi connectivity index (χ1v) is 5.80. The van der Waals surface area contributed by atoms with Crippen molar-refractivity contribution in [2.24, 2.45) is 0 Å². The lowest BCUT2D eigenvalue weighted by atomic mass is 10.0. The summed E-state index contributed by atoms with van der Waals surface area (Å²) in [7, 11) is 1.32. The summed E-state index contributed by atoms with van der Waals surface area (Å²) in [5, 5.41) is 8.92. The minimum atomic E-state index is -0.359. The SMILES string of the molecule is COC(=O)Cc1c(Br)ccc(C#N)c1CCl. The average Bonchev–Trinajstić information content (AvgIpc) is 2.31. The van der Waals surface area contributed by atoms with Gasteiger partial charge in [0.1, 0.15) is 0 Å². The van der Waals surface area contributed by atoms with Gasteiger partial charge in [-0.1, -0.05) is 15.9 Å². The molecule has 0 saturated carbocycles. The molecule has 0 unspecified atom stereocenters. The predicted molar refractivity (Wildman–Crippen MR) is 64.1 cm³/mol. The van der Waals surface area contributed by atoms with Crippen LogP contribution in [0.5, 0.6) is 0 Å². The maximum Gasteiger partial charge on any atom is 0.310 e. The number of alkyl halides is 1. The number of benzene rings is 1. The van der Waals surface area contributed by atoms with Gasteiger partial charge in [0.25, 0.3) is 0 Å². The normalized spacial score (nSPS) is 9.62. The molecule has 16 heavy (non-hydrogen) atoms. The van der Waals surface area contributed by atoms with E-state index in [0.29, 0.717) is 16.7 Å². The van der Waals surface area contributed by atoms with Crippen molar-refractivity contribution in [3.8, 4) is 6.07 Å². The number of esters is 1. The molecule has 1 aromatic rings. The van der Waals surface area contributed by atoms with Crippen LogP contribution in [0.25, 0.3) is 0 Å². The highest BCUT2D eigenvalue weighted by atomic mass is 79.9. The molecule has 0 aromatic heterocycles. The van der Waals surface area contributed by atoms with E-state index in [1.165, 1.54) is 7.11 Å². The Hall–Kier alpha value is -1.05. The zero-order valence-electron chi connectivity index (χ0n) is 8.59. The molecular formula is C11H9BrClNO2. The van der Waals surface area contributed by atoms with Crippen LogP contribution < -0.4 is 0 Å². The van der Waals surface area contributed by atoms with Gasteiger partial charge < -0.3 is 4.74 Å². The van der Waals surface area contributed by atoms with Crippen LogP contribution in [0.4, 0.5) is 0 Å². The standard InChI is InChI=1S/C11H9BrClNO2/c1-16-11(15)4-8-9(5-13)7(6-14)2-3-10(8)12/h2-3H,4-5H2,1H3. The van der Waals surface area contributed by atoms with Gasteiger partial charge in [-0.25, -0.2) is 0 Å². The number of hydrogen-bond acceptors (Lipinski definition) is 3. The summed E-state index contributed by atoms with van der Waals surface area (Å²) in [4.78, 5) is 11.2. The number of nitrogens with zero attached hydrogens (tertiary/aromatic N) is 1. The molecule has 0 aliphatic carbocycles. The van der Waals surface area contributed by atoms with E-state index >= 15 is 0 Å². The summed E-state index contributed by atoms with van der Waals surface area (Å²) < 4.78 is 5.35. The smallest absolute Gasteiger partial charge is 0.310 e. The number of carbonyl (C=O) groups excluding carboxylic acids is 1. The van der Waals surface area contributed by atoms with Crippen molar-refractivity contribution in [3.63, 3.8) is 0 Å². The molecule has 0 saturated heterocycles. The van der Waals surface area contributed by atoms with Crippen LogP contribution in [0.15, 0.2) is 16.6 Å². The molecule has 5 heteroatoms. The van der Waals surface area contributed by atoms with Crippen LogP contribution in [0.1, 0.15) is 16.7 Å². The summed E-state index contributed by atoms with van der Waals surface area (Å²) in [5.41, 5.74) is 1.86. The number of halogens is 2. The number of hydrogen-bond donors (Lipinski definition) is 0. The Morgan fingerprint density at radius 2 is 2.25 bits per heavy atom. The lowest BCUT2D eigenvalue weighted by Crippen LogP contribution is -2.08. The second kappa shape index (κ2) is 5.88. The lowest BCUT2D eigenvalue weighted by Gasteiger charge is -2.10. The van der Waals surface area contributed by atoms with Crippen LogP contribution in [-0.4, -0.2) is 13.1 Å². The quantitative estimate of drug-likeness (QED) is 0.637. The molecule has 84 valence electrons. The van der Waals surface area contributed by atoms with Crippen LogP contribution in [-0.2, 0) is 21.8 Å². The van der Waals surface area contributed by atoms with Crippen molar-refractivity contribution in [2.45, 2.75) is 12.3 Å². The topological polar surface area (TPSA) is 50.1 Å². The largest absolute Gasteiger partial charge is 0.469 e. The number of rotatable bonds is 3. The van der Waals surface area contributed by atoms with Gasteiger partial charge in [0.2, 0.25) is 0 Å². The Labute approximate surface area is 107 Å². The van der Waals surface area contributed by atoms with Gasteiger partial charge in [-0.2, -0.15) is 5.26 Å². The second-order valence-electron chi connectivity index (χ2n) is 3.05. The Morgan fingerprint density at radius 3 is 2.75 bits per heavy atom. The highest BCUT2D eigenvalue weighted by Crippen LogP contribution is 2.26. The highest BCUT2D eigenvalue weighted by molar-refractivity contribution is 9.10. The number of methoxy groups -OCH3 is 1. The fourth-order valence-electron chi connectivity index (χ4n) is 1.33. The zero-order valence-corrected chi connectivity index (χ0v) is 10.9. The molecule has 0 N–H and O–H groups in total. The van der Waals surface area contributed by atoms with Gasteiger partial charge >= 0.3 is 5.97 Å². The van der Waals surface area contributed by atoms with Gasteiger partial charge in [0, 0.05) is 10.4 Å². The van der Waals surface area contributed by atoms with E-state index < -0.39 is 0 Å². The fraction of sp³-hybridized carbons (Fsp3) is 0.273. The lowest BCUT2D eigenvalue weighted by molar-refractivity contribution is -0.139. The fourth-order valence-corrected chi connectivity index (χ4v) is 2.15. The third kappa shape index (κ3) is 2.75. The molecule has 0 spiro atoms. The van der Waals surface area contributed by atoms with Gasteiger partial charge in [-0.05, 0) is 23.3 Å². The van der Waals surface area contributed by atoms with Crippen molar-refractivity contribution in [1.82, 2.24) is 0 Å². The number of nitriles is 1. The Balaban J connectivity index is 3.24. The minimum absolute atomic E-state index is 0.106. The van der Waals surface area contributed by atoms with Crippen LogP contribution in [0, 0.1) is 11.3 Å². The summed E-state index contributed by atoms with van der Waals surface area (Å²) in [6.07, 6.45) is 0.106. The molecular weight excluding hydrogens is 293 g/mol. The summed E-state index contributed by atoms with van der Waals surface area (Å²) in [6.45, 7) is 0. The first-order valence-electron chi connectivity index (χ1n) is 4.47. The molecule has 0 amide bonds. The Bertz CT molecular complexity index is 454. The average molecular weight is 303 g/mol. The van der Waals surface area contributed by atoms with Gasteiger partial charge in [0.05, 0.1) is 25.2 Å². The van der Waals surface area contributed by atoms with Crippen LogP contribution in [0.3, 0.4) is 0 Å². The molecule has 0 atom stereocenters. The maximum atomic E-state index is 11.2. The zero-order chi connectivity index (χ0) is 12.1. The first kappa shape index (κ1) is 13.0. The molecule has 0 heterocycles. The highest BCUT2D eigenvalue weighted by Gasteiger charge is 2.14. The van der Waals surface area contributed by atoms with E-state index in [2.05, 4.69) is 20.7 Å². The summed E-state index contributed by atoms with van der Waals surface area (Å²) >= 11 is 9.12. The Morgan fingerprint density at radius 1 is 1.56 bits per heavy atom. The molecule has 0 fully saturated rings. The molecule has 0 radical (unpaired) electrons. The van der Waals surface area contributed by atoms with Crippen molar-refractivity contribution in [1.29, 1.82) is 5.26 Å². The maximum absolute atomic E-state index is 11.2. The monoisotopic (exact) mass is 301 g/mol. The number of ether oxygens (including phenoxy) is 1. The van der Waals surface area contributed by atoms with Gasteiger partial charge in [-0.3, -0.25) is 4.79 Å². The third-order valence-corrected chi connectivity index (χ3v) is 3.19. The molecule has 0 bridgehead atoms. The molecule has 1 rings (SSSR count). The van der Waals surface area contributed by atoms with Crippen molar-refractivity contribution in [3.05, 3.63) is 33.3 Å². The van der Waals surface area contributed by atoms with Crippen LogP contribution >= 0.6 is 27.5 Å². The second-order valence-corrected chi connectivity index (χ2v) is 4.17. The summed E-state index contributed by atoms with van der Waals surface area (Å²) in [5.74, 6) is -0.170. The van der Waals surface area contributed by atoms with E-state index in [0.717, 1.165) is 4.47 Å². The molecule has 0 aliphatic rings. The van der Waals surface area contributed by atoms with E-state index in [4.69, 9.17) is 16.9 Å². The van der Waals surface area contributed by atoms with Crippen LogP contribution in [0.2, 0.25) is 0 Å². The molecule has 0 aliphatic heterocycles. The molecule has 3 nitrogen and oxygen atoms in total. The van der Waals surface area contributed by atoms with Crippen molar-refractivity contribution in [2.75, 3.05) is 7.11 Å². The Kier molecular flexibility index (Phi) is 4.78. The third-order valence-electron chi connectivity index (χ3n) is 2.18. The van der Waals surface area contributed by atoms with E-state index in [1.807, 2.05) is 6.07 Å². The van der Waals surface area contributed by atoms with E-state index in [9.17, 15) is 4.79 Å². The van der Waals surface area contributed by atoms with E-state index in [1.54, 1.807) is 12.1 Å². The number of carbonyl (C=O) groups is 1. The molecule has 1 aromatic carbocycles. The van der Waals surface area contributed by atoms with Gasteiger partial charge in [-0.15, -0.1) is 11.6 Å². The van der Waals surface area contributed by atoms with Crippen molar-refractivity contribution < 1.29 is 9.53 Å². The van der Waals surface area contributed by atoms with E-state index in [-0.39, 0.29) is 18.3 Å².